The minimum atomic E-state index is 0.0195. The molecule has 0 aromatic heterocycles. The van der Waals surface area contributed by atoms with E-state index in [9.17, 15) is 4.79 Å². The smallest absolute Gasteiger partial charge is 0.251 e. The predicted molar refractivity (Wildman–Crippen MR) is 69.9 cm³/mol. The Bertz CT molecular complexity index is 467. The van der Waals surface area contributed by atoms with E-state index >= 15 is 0 Å². The number of rotatable bonds is 3. The van der Waals surface area contributed by atoms with Gasteiger partial charge < -0.3 is 15.4 Å². The molecule has 1 aliphatic carbocycles. The van der Waals surface area contributed by atoms with Crippen LogP contribution in [0.15, 0.2) is 18.2 Å². The number of anilines is 1. The van der Waals surface area contributed by atoms with Crippen molar-refractivity contribution in [3.8, 4) is 0 Å². The topological polar surface area (TPSA) is 50.4 Å². The molecule has 0 saturated heterocycles. The molecule has 1 aromatic carbocycles. The first kappa shape index (κ1) is 11.5. The molecule has 1 fully saturated rings. The maximum atomic E-state index is 12.1. The Morgan fingerprint density at radius 1 is 1.44 bits per heavy atom. The van der Waals surface area contributed by atoms with Crippen LogP contribution in [0.2, 0.25) is 0 Å². The van der Waals surface area contributed by atoms with Gasteiger partial charge in [-0.3, -0.25) is 4.79 Å². The average Bonchev–Trinajstić information content (AvgIpc) is 2.79. The van der Waals surface area contributed by atoms with E-state index in [1.165, 1.54) is 5.56 Å². The highest BCUT2D eigenvalue weighted by molar-refractivity contribution is 5.95. The second-order valence-corrected chi connectivity index (χ2v) is 5.05. The SMILES string of the molecule is COC1CC(NC(=O)c2ccc3c(c2)NCC3)C1. The van der Waals surface area contributed by atoms with Crippen molar-refractivity contribution in [1.29, 1.82) is 0 Å². The van der Waals surface area contributed by atoms with Crippen molar-refractivity contribution >= 4 is 11.6 Å². The summed E-state index contributed by atoms with van der Waals surface area (Å²) in [4.78, 5) is 12.1. The van der Waals surface area contributed by atoms with Crippen LogP contribution in [0.3, 0.4) is 0 Å². The molecule has 1 aliphatic heterocycles. The van der Waals surface area contributed by atoms with Gasteiger partial charge in [-0.2, -0.15) is 0 Å². The molecular formula is C14H18N2O2. The number of hydrogen-bond acceptors (Lipinski definition) is 3. The minimum absolute atomic E-state index is 0.0195. The summed E-state index contributed by atoms with van der Waals surface area (Å²) in [5.74, 6) is 0.0195. The van der Waals surface area contributed by atoms with Crippen molar-refractivity contribution < 1.29 is 9.53 Å². The number of ether oxygens (including phenoxy) is 1. The van der Waals surface area contributed by atoms with Crippen molar-refractivity contribution in [3.05, 3.63) is 29.3 Å². The van der Waals surface area contributed by atoms with Crippen LogP contribution in [0.5, 0.6) is 0 Å². The van der Waals surface area contributed by atoms with Crippen LogP contribution in [-0.2, 0) is 11.2 Å². The molecule has 1 heterocycles. The highest BCUT2D eigenvalue weighted by atomic mass is 16.5. The first-order valence-corrected chi connectivity index (χ1v) is 6.46. The number of methoxy groups -OCH3 is 1. The van der Waals surface area contributed by atoms with E-state index < -0.39 is 0 Å². The summed E-state index contributed by atoms with van der Waals surface area (Å²) in [5.41, 5.74) is 3.14. The third-order valence-electron chi connectivity index (χ3n) is 3.85. The van der Waals surface area contributed by atoms with Gasteiger partial charge >= 0.3 is 0 Å². The van der Waals surface area contributed by atoms with Gasteiger partial charge in [0.25, 0.3) is 5.91 Å². The number of nitrogens with one attached hydrogen (secondary N) is 2. The first-order valence-electron chi connectivity index (χ1n) is 6.46. The molecule has 1 saturated carbocycles. The van der Waals surface area contributed by atoms with E-state index in [0.717, 1.165) is 37.1 Å². The Morgan fingerprint density at radius 2 is 2.28 bits per heavy atom. The highest BCUT2D eigenvalue weighted by Gasteiger charge is 2.30. The molecule has 2 aliphatic rings. The van der Waals surface area contributed by atoms with Gasteiger partial charge in [0.15, 0.2) is 0 Å². The highest BCUT2D eigenvalue weighted by Crippen LogP contribution is 2.25. The maximum absolute atomic E-state index is 12.1. The zero-order valence-electron chi connectivity index (χ0n) is 10.5. The number of amides is 1. The van der Waals surface area contributed by atoms with Crippen molar-refractivity contribution in [2.45, 2.75) is 31.4 Å². The average molecular weight is 246 g/mol. The van der Waals surface area contributed by atoms with Crippen molar-refractivity contribution in [3.63, 3.8) is 0 Å². The summed E-state index contributed by atoms with van der Waals surface area (Å²) in [6.45, 7) is 0.971. The lowest BCUT2D eigenvalue weighted by atomic mass is 9.89. The molecule has 0 atom stereocenters. The molecule has 4 nitrogen and oxygen atoms in total. The molecule has 96 valence electrons. The number of benzene rings is 1. The van der Waals surface area contributed by atoms with Gasteiger partial charge in [0.2, 0.25) is 0 Å². The summed E-state index contributed by atoms with van der Waals surface area (Å²) in [7, 11) is 1.72. The summed E-state index contributed by atoms with van der Waals surface area (Å²) in [6, 6.07) is 6.17. The van der Waals surface area contributed by atoms with Gasteiger partial charge in [-0.1, -0.05) is 6.07 Å². The van der Waals surface area contributed by atoms with Crippen LogP contribution in [0, 0.1) is 0 Å². The molecule has 0 bridgehead atoms. The monoisotopic (exact) mass is 246 g/mol. The Labute approximate surface area is 107 Å². The summed E-state index contributed by atoms with van der Waals surface area (Å²) in [5, 5.41) is 6.33. The van der Waals surface area contributed by atoms with E-state index in [0.29, 0.717) is 6.10 Å². The Kier molecular flexibility index (Phi) is 2.96. The van der Waals surface area contributed by atoms with Crippen LogP contribution in [0.1, 0.15) is 28.8 Å². The minimum Gasteiger partial charge on any atom is -0.384 e. The third-order valence-corrected chi connectivity index (χ3v) is 3.85. The Morgan fingerprint density at radius 3 is 3.06 bits per heavy atom. The molecule has 0 radical (unpaired) electrons. The molecule has 2 N–H and O–H groups in total. The molecule has 0 unspecified atom stereocenters. The van der Waals surface area contributed by atoms with Crippen LogP contribution < -0.4 is 10.6 Å². The van der Waals surface area contributed by atoms with E-state index in [2.05, 4.69) is 10.6 Å². The van der Waals surface area contributed by atoms with Crippen LogP contribution in [-0.4, -0.2) is 31.7 Å². The van der Waals surface area contributed by atoms with Gasteiger partial charge in [-0.05, 0) is 37.0 Å². The fourth-order valence-electron chi connectivity index (χ4n) is 2.58. The van der Waals surface area contributed by atoms with E-state index in [1.54, 1.807) is 7.11 Å². The molecule has 4 heteroatoms. The normalized spacial score (nSPS) is 24.9. The summed E-state index contributed by atoms with van der Waals surface area (Å²) in [6.07, 6.45) is 3.21. The lowest BCUT2D eigenvalue weighted by Gasteiger charge is -2.34. The third kappa shape index (κ3) is 2.08. The van der Waals surface area contributed by atoms with E-state index in [4.69, 9.17) is 4.74 Å². The summed E-state index contributed by atoms with van der Waals surface area (Å²) >= 11 is 0. The zero-order chi connectivity index (χ0) is 12.5. The van der Waals surface area contributed by atoms with Crippen molar-refractivity contribution in [2.24, 2.45) is 0 Å². The quantitative estimate of drug-likeness (QED) is 0.851. The van der Waals surface area contributed by atoms with Gasteiger partial charge in [0.1, 0.15) is 0 Å². The molecule has 3 rings (SSSR count). The number of carbonyl (C=O) groups is 1. The number of fused-ring (bicyclic) bond motifs is 1. The molecule has 0 spiro atoms. The summed E-state index contributed by atoms with van der Waals surface area (Å²) < 4.78 is 5.20. The van der Waals surface area contributed by atoms with Gasteiger partial charge in [0.05, 0.1) is 6.10 Å². The zero-order valence-corrected chi connectivity index (χ0v) is 10.5. The van der Waals surface area contributed by atoms with Gasteiger partial charge in [0, 0.05) is 30.9 Å². The van der Waals surface area contributed by atoms with Crippen molar-refractivity contribution in [2.75, 3.05) is 19.0 Å². The fourth-order valence-corrected chi connectivity index (χ4v) is 2.58. The van der Waals surface area contributed by atoms with E-state index in [1.807, 2.05) is 18.2 Å². The molecule has 1 amide bonds. The van der Waals surface area contributed by atoms with Crippen molar-refractivity contribution in [1.82, 2.24) is 5.32 Å². The van der Waals surface area contributed by atoms with Crippen LogP contribution in [0.4, 0.5) is 5.69 Å². The standard InChI is InChI=1S/C14H18N2O2/c1-18-12-7-11(8-12)16-14(17)10-3-2-9-4-5-15-13(9)6-10/h2-3,6,11-12,15H,4-5,7-8H2,1H3,(H,16,17). The first-order chi connectivity index (χ1) is 8.76. The fraction of sp³-hybridized carbons (Fsp3) is 0.500. The van der Waals surface area contributed by atoms with Gasteiger partial charge in [-0.25, -0.2) is 0 Å². The Balaban J connectivity index is 1.63. The molecule has 18 heavy (non-hydrogen) atoms. The second-order valence-electron chi connectivity index (χ2n) is 5.05. The largest absolute Gasteiger partial charge is 0.384 e. The number of carbonyl (C=O) groups excluding carboxylic acids is 1. The number of hydrogen-bond donors (Lipinski definition) is 2. The molecular weight excluding hydrogens is 228 g/mol. The van der Waals surface area contributed by atoms with E-state index in [-0.39, 0.29) is 11.9 Å². The lowest BCUT2D eigenvalue weighted by Crippen LogP contribution is -2.47. The second kappa shape index (κ2) is 4.61. The van der Waals surface area contributed by atoms with Crippen LogP contribution >= 0.6 is 0 Å². The van der Waals surface area contributed by atoms with Gasteiger partial charge in [-0.15, -0.1) is 0 Å². The molecule has 1 aromatic rings. The Hall–Kier alpha value is -1.55. The predicted octanol–water partition coefficient (Wildman–Crippen LogP) is 1.56. The lowest BCUT2D eigenvalue weighted by molar-refractivity contribution is 0.0176. The maximum Gasteiger partial charge on any atom is 0.251 e. The van der Waals surface area contributed by atoms with Crippen LogP contribution in [0.25, 0.3) is 0 Å².